The maximum Gasteiger partial charge on any atom is 0.236 e. The molecule has 0 unspecified atom stereocenters. The fourth-order valence-corrected chi connectivity index (χ4v) is 10.9. The maximum atomic E-state index is 6.80. The molecule has 9 aromatic carbocycles. The minimum Gasteiger partial charge on any atom is -0.453 e. The highest BCUT2D eigenvalue weighted by Crippen LogP contribution is 2.63. The zero-order valence-corrected chi connectivity index (χ0v) is 33.3. The van der Waals surface area contributed by atoms with Gasteiger partial charge in [0.1, 0.15) is 0 Å². The molecule has 3 heterocycles. The van der Waals surface area contributed by atoms with Crippen molar-refractivity contribution in [2.75, 3.05) is 4.90 Å². The molecular weight excluding hydrogens is 757 g/mol. The molecule has 5 heteroatoms. The largest absolute Gasteiger partial charge is 0.453 e. The van der Waals surface area contributed by atoms with Gasteiger partial charge in [-0.2, -0.15) is 0 Å². The third-order valence-electron chi connectivity index (χ3n) is 13.4. The van der Waals surface area contributed by atoms with Crippen LogP contribution in [0.15, 0.2) is 206 Å². The molecule has 14 rings (SSSR count). The normalized spacial score (nSPS) is 13.7. The number of ether oxygens (including phenoxy) is 1. The van der Waals surface area contributed by atoms with E-state index in [1.54, 1.807) is 0 Å². The Labute approximate surface area is 357 Å². The molecule has 1 spiro atoms. The van der Waals surface area contributed by atoms with Crippen molar-refractivity contribution in [2.45, 2.75) is 5.41 Å². The van der Waals surface area contributed by atoms with Gasteiger partial charge in [-0.15, -0.1) is 0 Å². The Balaban J connectivity index is 1.00. The molecule has 2 aromatic heterocycles. The monoisotopic (exact) mass is 790 g/mol. The Hall–Kier alpha value is -8.28. The summed E-state index contributed by atoms with van der Waals surface area (Å²) >= 11 is 0. The van der Waals surface area contributed by atoms with Crippen LogP contribution >= 0.6 is 0 Å². The zero-order valence-electron chi connectivity index (χ0n) is 33.3. The first-order valence-electron chi connectivity index (χ1n) is 21.2. The van der Waals surface area contributed by atoms with Gasteiger partial charge < -0.3 is 9.30 Å². The summed E-state index contributed by atoms with van der Waals surface area (Å²) in [7, 11) is 0. The van der Waals surface area contributed by atoms with E-state index >= 15 is 0 Å². The quantitative estimate of drug-likeness (QED) is 0.179. The van der Waals surface area contributed by atoms with Crippen LogP contribution in [0.4, 0.5) is 17.3 Å². The average molecular weight is 791 g/mol. The number of rotatable bonds is 3. The molecule has 0 fully saturated rings. The highest BCUT2D eigenvalue weighted by molar-refractivity contribution is 6.12. The third kappa shape index (κ3) is 4.36. The van der Waals surface area contributed by atoms with Crippen molar-refractivity contribution < 1.29 is 4.74 Å². The Morgan fingerprint density at radius 2 is 1.02 bits per heavy atom. The molecule has 1 aliphatic heterocycles. The van der Waals surface area contributed by atoms with E-state index in [2.05, 4.69) is 204 Å². The second kappa shape index (κ2) is 12.4. The van der Waals surface area contributed by atoms with E-state index < -0.39 is 5.41 Å². The number of para-hydroxylation sites is 5. The molecule has 5 nitrogen and oxygen atoms in total. The molecule has 62 heavy (non-hydrogen) atoms. The molecule has 0 saturated carbocycles. The third-order valence-corrected chi connectivity index (χ3v) is 13.4. The fraction of sp³-hybridized carbons (Fsp3) is 0.0175. The first-order valence-corrected chi connectivity index (χ1v) is 21.2. The van der Waals surface area contributed by atoms with Crippen LogP contribution in [0.25, 0.3) is 71.9 Å². The topological polar surface area (TPSA) is 43.2 Å². The van der Waals surface area contributed by atoms with E-state index in [0.717, 1.165) is 72.5 Å². The van der Waals surface area contributed by atoms with Gasteiger partial charge in [-0.25, -0.2) is 9.97 Å². The van der Waals surface area contributed by atoms with Crippen LogP contribution in [0.3, 0.4) is 0 Å². The van der Waals surface area contributed by atoms with Crippen molar-refractivity contribution in [3.8, 4) is 50.7 Å². The van der Waals surface area contributed by atoms with E-state index in [1.165, 1.54) is 44.5 Å². The summed E-state index contributed by atoms with van der Waals surface area (Å²) in [5.41, 5.74) is 17.8. The van der Waals surface area contributed by atoms with Crippen LogP contribution in [0, 0.1) is 0 Å². The van der Waals surface area contributed by atoms with E-state index in [1.807, 2.05) is 12.1 Å². The molecule has 11 aromatic rings. The minimum atomic E-state index is -0.410. The van der Waals surface area contributed by atoms with Crippen LogP contribution in [-0.2, 0) is 5.41 Å². The standard InChI is InChI=1S/C57H34N4O/c1-2-16-36(17-3-1)60-49-27-13-8-21-40(49)43-33-52-54(34-51(43)60)62-53-29-15-14-28-50(53)61(52)56-58-48-26-12-7-22-41(48)55(59-56)35-30-31-47-42(32-35)39-20-6-11-25-46(39)57(47)44-23-9-4-18-37(44)38-19-5-10-24-45(38)57/h1-34H. The summed E-state index contributed by atoms with van der Waals surface area (Å²) in [6.07, 6.45) is 0. The molecule has 0 N–H and O–H groups in total. The van der Waals surface area contributed by atoms with E-state index in [4.69, 9.17) is 14.7 Å². The molecule has 2 aliphatic carbocycles. The van der Waals surface area contributed by atoms with Crippen LogP contribution in [0.2, 0.25) is 0 Å². The number of hydrogen-bond acceptors (Lipinski definition) is 4. The zero-order chi connectivity index (χ0) is 40.5. The number of fused-ring (bicyclic) bond motifs is 16. The predicted octanol–water partition coefficient (Wildman–Crippen LogP) is 14.3. The second-order valence-corrected chi connectivity index (χ2v) is 16.5. The van der Waals surface area contributed by atoms with E-state index in [-0.39, 0.29) is 0 Å². The fourth-order valence-electron chi connectivity index (χ4n) is 10.9. The highest BCUT2D eigenvalue weighted by atomic mass is 16.5. The Morgan fingerprint density at radius 3 is 1.79 bits per heavy atom. The molecule has 0 bridgehead atoms. The van der Waals surface area contributed by atoms with Gasteiger partial charge in [-0.05, 0) is 93.0 Å². The lowest BCUT2D eigenvalue weighted by molar-refractivity contribution is 0.477. The Morgan fingerprint density at radius 1 is 0.403 bits per heavy atom. The van der Waals surface area contributed by atoms with Gasteiger partial charge in [0.25, 0.3) is 0 Å². The SMILES string of the molecule is c1ccc(-n2c3ccccc3c3cc4c(cc32)Oc2ccccc2N4c2nc(-c3ccc4c(c3)-c3ccccc3C43c4ccccc4-c4ccccc43)c3ccccc3n2)cc1. The maximum absolute atomic E-state index is 6.80. The van der Waals surface area contributed by atoms with Crippen molar-refractivity contribution in [1.82, 2.24) is 14.5 Å². The van der Waals surface area contributed by atoms with Gasteiger partial charge >= 0.3 is 0 Å². The number of nitrogens with zero attached hydrogens (tertiary/aromatic N) is 4. The van der Waals surface area contributed by atoms with Crippen LogP contribution in [0.1, 0.15) is 22.3 Å². The molecule has 0 radical (unpaired) electrons. The van der Waals surface area contributed by atoms with Gasteiger partial charge in [-0.1, -0.05) is 152 Å². The van der Waals surface area contributed by atoms with Crippen molar-refractivity contribution >= 4 is 50.0 Å². The summed E-state index contributed by atoms with van der Waals surface area (Å²) < 4.78 is 9.12. The lowest BCUT2D eigenvalue weighted by Crippen LogP contribution is -2.25. The summed E-state index contributed by atoms with van der Waals surface area (Å²) in [6.45, 7) is 0. The van der Waals surface area contributed by atoms with E-state index in [9.17, 15) is 0 Å². The van der Waals surface area contributed by atoms with Crippen LogP contribution in [-0.4, -0.2) is 14.5 Å². The van der Waals surface area contributed by atoms with Gasteiger partial charge in [0.15, 0.2) is 11.5 Å². The average Bonchev–Trinajstić information content (AvgIpc) is 3.93. The van der Waals surface area contributed by atoms with Crippen molar-refractivity contribution in [2.24, 2.45) is 0 Å². The lowest BCUT2D eigenvalue weighted by atomic mass is 9.70. The first-order chi connectivity index (χ1) is 30.8. The van der Waals surface area contributed by atoms with Gasteiger partial charge in [0, 0.05) is 33.5 Å². The summed E-state index contributed by atoms with van der Waals surface area (Å²) in [5.74, 6) is 2.07. The molecule has 0 saturated heterocycles. The Bertz CT molecular complexity index is 3650. The molecule has 3 aliphatic rings. The number of anilines is 3. The Kier molecular flexibility index (Phi) is 6.70. The molecular formula is C57H34N4O. The predicted molar refractivity (Wildman–Crippen MR) is 250 cm³/mol. The van der Waals surface area contributed by atoms with Crippen molar-refractivity contribution in [1.29, 1.82) is 0 Å². The number of hydrogen-bond donors (Lipinski definition) is 0. The molecule has 0 atom stereocenters. The van der Waals surface area contributed by atoms with Crippen molar-refractivity contribution in [3.05, 3.63) is 229 Å². The minimum absolute atomic E-state index is 0.410. The molecule has 288 valence electrons. The lowest BCUT2D eigenvalue weighted by Gasteiger charge is -2.32. The summed E-state index contributed by atoms with van der Waals surface area (Å²) in [5, 5.41) is 3.28. The first kappa shape index (κ1) is 33.5. The highest BCUT2D eigenvalue weighted by Gasteiger charge is 2.51. The van der Waals surface area contributed by atoms with Gasteiger partial charge in [0.2, 0.25) is 5.95 Å². The van der Waals surface area contributed by atoms with Crippen LogP contribution < -0.4 is 9.64 Å². The van der Waals surface area contributed by atoms with Crippen LogP contribution in [0.5, 0.6) is 11.5 Å². The van der Waals surface area contributed by atoms with E-state index in [0.29, 0.717) is 5.95 Å². The van der Waals surface area contributed by atoms with Crippen molar-refractivity contribution in [3.63, 3.8) is 0 Å². The van der Waals surface area contributed by atoms with Gasteiger partial charge in [-0.3, -0.25) is 4.90 Å². The smallest absolute Gasteiger partial charge is 0.236 e. The second-order valence-electron chi connectivity index (χ2n) is 16.5. The van der Waals surface area contributed by atoms with Gasteiger partial charge in [0.05, 0.1) is 39.0 Å². The number of aromatic nitrogens is 3. The summed E-state index contributed by atoms with van der Waals surface area (Å²) in [6, 6.07) is 74.0. The summed E-state index contributed by atoms with van der Waals surface area (Å²) in [4.78, 5) is 13.1. The number of benzene rings is 9. The molecule has 0 amide bonds.